The van der Waals surface area contributed by atoms with Crippen LogP contribution in [0.4, 0.5) is 8.78 Å². The summed E-state index contributed by atoms with van der Waals surface area (Å²) in [6.07, 6.45) is 0. The van der Waals surface area contributed by atoms with Gasteiger partial charge < -0.3 is 5.32 Å². The Morgan fingerprint density at radius 3 is 2.50 bits per heavy atom. The van der Waals surface area contributed by atoms with Crippen LogP contribution < -0.4 is 5.32 Å². The first kappa shape index (κ1) is 16.3. The van der Waals surface area contributed by atoms with Gasteiger partial charge in [-0.05, 0) is 11.6 Å². The third kappa shape index (κ3) is 4.73. The molecule has 1 amide bonds. The molecular formula is C16H15F2NO2S. The Morgan fingerprint density at radius 1 is 1.05 bits per heavy atom. The lowest BCUT2D eigenvalue weighted by Gasteiger charge is -2.06. The van der Waals surface area contributed by atoms with E-state index in [1.54, 1.807) is 0 Å². The van der Waals surface area contributed by atoms with Crippen molar-refractivity contribution < 1.29 is 17.8 Å². The molecule has 0 radical (unpaired) electrons. The quantitative estimate of drug-likeness (QED) is 0.888. The van der Waals surface area contributed by atoms with Crippen molar-refractivity contribution in [3.8, 4) is 0 Å². The van der Waals surface area contributed by atoms with E-state index in [1.165, 1.54) is 12.1 Å². The summed E-state index contributed by atoms with van der Waals surface area (Å²) in [5.74, 6) is -2.83. The Bertz CT molecular complexity index is 677. The van der Waals surface area contributed by atoms with Crippen LogP contribution in [0.5, 0.6) is 0 Å². The maximum atomic E-state index is 13.5. The van der Waals surface area contributed by atoms with Crippen LogP contribution >= 0.6 is 0 Å². The molecule has 6 heteroatoms. The molecule has 0 aliphatic carbocycles. The summed E-state index contributed by atoms with van der Waals surface area (Å²) >= 11 is 0. The molecule has 0 fully saturated rings. The van der Waals surface area contributed by atoms with E-state index in [9.17, 15) is 17.8 Å². The molecule has 0 aromatic heterocycles. The van der Waals surface area contributed by atoms with Gasteiger partial charge in [-0.3, -0.25) is 9.00 Å². The SMILES string of the molecule is O=C(C[S@](=O)Cc1cccc(F)c1F)NCc1ccccc1. The van der Waals surface area contributed by atoms with Gasteiger partial charge in [0, 0.05) is 22.9 Å². The van der Waals surface area contributed by atoms with E-state index < -0.39 is 22.4 Å². The topological polar surface area (TPSA) is 46.2 Å². The highest BCUT2D eigenvalue weighted by Gasteiger charge is 2.13. The summed E-state index contributed by atoms with van der Waals surface area (Å²) in [7, 11) is -1.60. The van der Waals surface area contributed by atoms with Gasteiger partial charge in [-0.1, -0.05) is 42.5 Å². The van der Waals surface area contributed by atoms with Crippen LogP contribution in [0, 0.1) is 11.6 Å². The Labute approximate surface area is 129 Å². The lowest BCUT2D eigenvalue weighted by Crippen LogP contribution is -2.28. The van der Waals surface area contributed by atoms with E-state index in [2.05, 4.69) is 5.32 Å². The van der Waals surface area contributed by atoms with Gasteiger partial charge in [0.05, 0.1) is 5.75 Å². The molecule has 0 unspecified atom stereocenters. The van der Waals surface area contributed by atoms with Crippen molar-refractivity contribution in [1.29, 1.82) is 0 Å². The van der Waals surface area contributed by atoms with Crippen molar-refractivity contribution >= 4 is 16.7 Å². The molecule has 0 saturated carbocycles. The average Bonchev–Trinajstić information content (AvgIpc) is 2.51. The molecule has 2 aromatic rings. The molecule has 0 spiro atoms. The number of halogens is 2. The zero-order chi connectivity index (χ0) is 15.9. The first-order valence-corrected chi connectivity index (χ1v) is 8.13. The number of hydrogen-bond donors (Lipinski definition) is 1. The molecule has 0 bridgehead atoms. The number of rotatable bonds is 6. The highest BCUT2D eigenvalue weighted by Crippen LogP contribution is 2.13. The second kappa shape index (κ2) is 7.79. The highest BCUT2D eigenvalue weighted by molar-refractivity contribution is 7.84. The van der Waals surface area contributed by atoms with Crippen LogP contribution in [0.15, 0.2) is 48.5 Å². The van der Waals surface area contributed by atoms with Gasteiger partial charge in [0.15, 0.2) is 11.6 Å². The van der Waals surface area contributed by atoms with Crippen molar-refractivity contribution in [2.75, 3.05) is 5.75 Å². The second-order valence-electron chi connectivity index (χ2n) is 4.70. The Hall–Kier alpha value is -2.08. The Morgan fingerprint density at radius 2 is 1.77 bits per heavy atom. The predicted molar refractivity (Wildman–Crippen MR) is 81.4 cm³/mol. The zero-order valence-corrected chi connectivity index (χ0v) is 12.5. The number of carbonyl (C=O) groups excluding carboxylic acids is 1. The Balaban J connectivity index is 1.84. The fraction of sp³-hybridized carbons (Fsp3) is 0.188. The van der Waals surface area contributed by atoms with Gasteiger partial charge in [0.25, 0.3) is 0 Å². The fourth-order valence-electron chi connectivity index (χ4n) is 1.88. The Kier molecular flexibility index (Phi) is 5.77. The van der Waals surface area contributed by atoms with Crippen molar-refractivity contribution in [2.45, 2.75) is 12.3 Å². The molecule has 22 heavy (non-hydrogen) atoms. The third-order valence-electron chi connectivity index (χ3n) is 2.97. The summed E-state index contributed by atoms with van der Waals surface area (Å²) in [6, 6.07) is 13.0. The summed E-state index contributed by atoms with van der Waals surface area (Å²) < 4.78 is 38.4. The minimum absolute atomic E-state index is 0.00851. The molecule has 0 aliphatic rings. The third-order valence-corrected chi connectivity index (χ3v) is 4.19. The van der Waals surface area contributed by atoms with Crippen molar-refractivity contribution in [1.82, 2.24) is 5.32 Å². The van der Waals surface area contributed by atoms with E-state index in [4.69, 9.17) is 0 Å². The molecule has 116 valence electrons. The molecule has 0 heterocycles. The largest absolute Gasteiger partial charge is 0.351 e. The zero-order valence-electron chi connectivity index (χ0n) is 11.7. The van der Waals surface area contributed by atoms with Gasteiger partial charge in [0.2, 0.25) is 5.91 Å². The smallest absolute Gasteiger partial charge is 0.232 e. The van der Waals surface area contributed by atoms with Crippen molar-refractivity contribution in [3.63, 3.8) is 0 Å². The van der Waals surface area contributed by atoms with Crippen LogP contribution in [0.3, 0.4) is 0 Å². The number of nitrogens with one attached hydrogen (secondary N) is 1. The highest BCUT2D eigenvalue weighted by atomic mass is 32.2. The van der Waals surface area contributed by atoms with Crippen LogP contribution in [0.1, 0.15) is 11.1 Å². The molecule has 2 aromatic carbocycles. The first-order valence-electron chi connectivity index (χ1n) is 6.65. The van der Waals surface area contributed by atoms with E-state index in [1.807, 2.05) is 30.3 Å². The molecule has 1 atom stereocenters. The lowest BCUT2D eigenvalue weighted by atomic mass is 10.2. The second-order valence-corrected chi connectivity index (χ2v) is 6.16. The number of amides is 1. The first-order chi connectivity index (χ1) is 10.6. The molecule has 0 saturated heterocycles. The fourth-order valence-corrected chi connectivity index (χ4v) is 2.94. The van der Waals surface area contributed by atoms with E-state index in [-0.39, 0.29) is 23.0 Å². The average molecular weight is 323 g/mol. The summed E-state index contributed by atoms with van der Waals surface area (Å²) in [4.78, 5) is 11.7. The van der Waals surface area contributed by atoms with Gasteiger partial charge in [-0.25, -0.2) is 8.78 Å². The summed E-state index contributed by atoms with van der Waals surface area (Å²) in [5.41, 5.74) is 0.937. The normalized spacial score (nSPS) is 11.9. The molecular weight excluding hydrogens is 308 g/mol. The maximum absolute atomic E-state index is 13.5. The van der Waals surface area contributed by atoms with E-state index in [0.717, 1.165) is 11.6 Å². The van der Waals surface area contributed by atoms with Gasteiger partial charge >= 0.3 is 0 Å². The molecule has 3 nitrogen and oxygen atoms in total. The van der Waals surface area contributed by atoms with E-state index in [0.29, 0.717) is 6.54 Å². The minimum Gasteiger partial charge on any atom is -0.351 e. The van der Waals surface area contributed by atoms with Crippen LogP contribution in [0.25, 0.3) is 0 Å². The summed E-state index contributed by atoms with van der Waals surface area (Å²) in [6.45, 7) is 0.338. The monoisotopic (exact) mass is 323 g/mol. The number of carbonyl (C=O) groups is 1. The summed E-state index contributed by atoms with van der Waals surface area (Å²) in [5, 5.41) is 2.64. The van der Waals surface area contributed by atoms with E-state index >= 15 is 0 Å². The number of hydrogen-bond acceptors (Lipinski definition) is 2. The standard InChI is InChI=1S/C16H15F2NO2S/c17-14-8-4-7-13(16(14)18)10-22(21)11-15(20)19-9-12-5-2-1-3-6-12/h1-8H,9-11H2,(H,19,20)/t22-/m1/s1. The number of benzene rings is 2. The predicted octanol–water partition coefficient (Wildman–Crippen LogP) is 2.53. The minimum atomic E-state index is -1.60. The lowest BCUT2D eigenvalue weighted by molar-refractivity contribution is -0.118. The molecule has 1 N–H and O–H groups in total. The van der Waals surface area contributed by atoms with Crippen LogP contribution in [-0.2, 0) is 27.9 Å². The van der Waals surface area contributed by atoms with Gasteiger partial charge in [-0.2, -0.15) is 0 Å². The van der Waals surface area contributed by atoms with Crippen molar-refractivity contribution in [2.24, 2.45) is 0 Å². The molecule has 0 aliphatic heterocycles. The van der Waals surface area contributed by atoms with Crippen LogP contribution in [0.2, 0.25) is 0 Å². The van der Waals surface area contributed by atoms with Gasteiger partial charge in [0.1, 0.15) is 5.75 Å². The van der Waals surface area contributed by atoms with Gasteiger partial charge in [-0.15, -0.1) is 0 Å². The van der Waals surface area contributed by atoms with Crippen LogP contribution in [-0.4, -0.2) is 15.9 Å². The molecule has 2 rings (SSSR count). The van der Waals surface area contributed by atoms with Crippen molar-refractivity contribution in [3.05, 3.63) is 71.3 Å². The maximum Gasteiger partial charge on any atom is 0.232 e.